The Bertz CT molecular complexity index is 944. The number of benzene rings is 3. The molecule has 0 aliphatic carbocycles. The predicted octanol–water partition coefficient (Wildman–Crippen LogP) is 6.28. The third-order valence-corrected chi connectivity index (χ3v) is 4.77. The molecule has 0 aliphatic rings. The van der Waals surface area contributed by atoms with Crippen LogP contribution in [0.5, 0.6) is 0 Å². The molecule has 3 aromatic rings. The highest BCUT2D eigenvalue weighted by Crippen LogP contribution is 2.33. The lowest BCUT2D eigenvalue weighted by Crippen LogP contribution is -2.10. The zero-order valence-electron chi connectivity index (χ0n) is 14.9. The van der Waals surface area contributed by atoms with E-state index in [1.54, 1.807) is 0 Å². The predicted molar refractivity (Wildman–Crippen MR) is 101 cm³/mol. The van der Waals surface area contributed by atoms with Crippen molar-refractivity contribution in [1.82, 2.24) is 0 Å². The third-order valence-electron chi connectivity index (χ3n) is 4.77. The summed E-state index contributed by atoms with van der Waals surface area (Å²) in [6, 6.07) is 19.3. The van der Waals surface area contributed by atoms with Gasteiger partial charge in [0.05, 0.1) is 5.56 Å². The zero-order valence-corrected chi connectivity index (χ0v) is 14.9. The largest absolute Gasteiger partial charge is 0.416 e. The number of hydrogen-bond acceptors (Lipinski definition) is 1. The van der Waals surface area contributed by atoms with E-state index in [4.69, 9.17) is 0 Å². The number of aryl methyl sites for hydroxylation is 2. The minimum Gasteiger partial charge on any atom is -0.298 e. The van der Waals surface area contributed by atoms with Gasteiger partial charge in [-0.15, -0.1) is 0 Å². The molecule has 0 aromatic heterocycles. The number of carbonyl (C=O) groups excluding carboxylic acids is 1. The van der Waals surface area contributed by atoms with Crippen LogP contribution in [0.2, 0.25) is 0 Å². The Labute approximate surface area is 156 Å². The normalized spacial score (nSPS) is 11.4. The topological polar surface area (TPSA) is 17.1 Å². The number of hydrogen-bond donors (Lipinski definition) is 0. The van der Waals surface area contributed by atoms with Crippen LogP contribution in [-0.2, 0) is 19.0 Å². The molecule has 3 aromatic carbocycles. The maximum Gasteiger partial charge on any atom is 0.416 e. The summed E-state index contributed by atoms with van der Waals surface area (Å²) in [6.45, 7) is 1.99. The first-order chi connectivity index (χ1) is 12.9. The van der Waals surface area contributed by atoms with Gasteiger partial charge < -0.3 is 0 Å². The van der Waals surface area contributed by atoms with Crippen LogP contribution in [0.4, 0.5) is 13.2 Å². The molecule has 0 bridgehead atoms. The third kappa shape index (κ3) is 4.27. The molecule has 4 heteroatoms. The van der Waals surface area contributed by atoms with Gasteiger partial charge in [0.15, 0.2) is 0 Å². The monoisotopic (exact) mass is 368 g/mol. The van der Waals surface area contributed by atoms with E-state index in [-0.39, 0.29) is 17.5 Å². The standard InChI is InChI=1S/C23H19F3O/c1-16-18(8-5-9-21(16)19-6-3-2-4-7-19)11-12-20-14-17(15-27)10-13-22(20)23(24,25)26/h2-10,13-15H,11-12H2,1H3. The first-order valence-corrected chi connectivity index (χ1v) is 8.69. The summed E-state index contributed by atoms with van der Waals surface area (Å²) in [5.41, 5.74) is 3.95. The second-order valence-corrected chi connectivity index (χ2v) is 6.49. The van der Waals surface area contributed by atoms with Crippen molar-refractivity contribution < 1.29 is 18.0 Å². The summed E-state index contributed by atoms with van der Waals surface area (Å²) in [5, 5.41) is 0. The molecule has 0 unspecified atom stereocenters. The number of carbonyl (C=O) groups is 1. The van der Waals surface area contributed by atoms with E-state index in [0.717, 1.165) is 28.3 Å². The van der Waals surface area contributed by atoms with E-state index < -0.39 is 11.7 Å². The Morgan fingerprint density at radius 1 is 0.852 bits per heavy atom. The summed E-state index contributed by atoms with van der Waals surface area (Å²) in [4.78, 5) is 11.0. The van der Waals surface area contributed by atoms with Gasteiger partial charge in [0.2, 0.25) is 0 Å². The SMILES string of the molecule is Cc1c(CCc2cc(C=O)ccc2C(F)(F)F)cccc1-c1ccccc1. The molecule has 1 nitrogen and oxygen atoms in total. The summed E-state index contributed by atoms with van der Waals surface area (Å²) >= 11 is 0. The average molecular weight is 368 g/mol. The molecule has 0 aliphatic heterocycles. The van der Waals surface area contributed by atoms with Crippen LogP contribution in [0, 0.1) is 6.92 Å². The Morgan fingerprint density at radius 2 is 1.56 bits per heavy atom. The van der Waals surface area contributed by atoms with E-state index >= 15 is 0 Å². The molecule has 0 amide bonds. The molecule has 3 rings (SSSR count). The van der Waals surface area contributed by atoms with Gasteiger partial charge in [-0.05, 0) is 59.7 Å². The fourth-order valence-electron chi connectivity index (χ4n) is 3.32. The number of rotatable bonds is 5. The molecule has 0 atom stereocenters. The van der Waals surface area contributed by atoms with Gasteiger partial charge in [-0.25, -0.2) is 0 Å². The number of halogens is 3. The second-order valence-electron chi connectivity index (χ2n) is 6.49. The van der Waals surface area contributed by atoms with E-state index in [2.05, 4.69) is 0 Å². The van der Waals surface area contributed by atoms with Gasteiger partial charge in [-0.1, -0.05) is 54.6 Å². The van der Waals surface area contributed by atoms with Crippen molar-refractivity contribution in [2.24, 2.45) is 0 Å². The zero-order chi connectivity index (χ0) is 19.4. The number of aldehydes is 1. The van der Waals surface area contributed by atoms with Crippen LogP contribution in [0.1, 0.15) is 32.6 Å². The molecule has 138 valence electrons. The van der Waals surface area contributed by atoms with Gasteiger partial charge in [0, 0.05) is 5.56 Å². The molecular weight excluding hydrogens is 349 g/mol. The Balaban J connectivity index is 1.91. The Morgan fingerprint density at radius 3 is 2.22 bits per heavy atom. The van der Waals surface area contributed by atoms with Crippen molar-refractivity contribution in [3.05, 3.63) is 94.5 Å². The molecule has 0 saturated carbocycles. The minimum absolute atomic E-state index is 0.150. The number of alkyl halides is 3. The lowest BCUT2D eigenvalue weighted by molar-refractivity contribution is -0.138. The maximum atomic E-state index is 13.3. The lowest BCUT2D eigenvalue weighted by atomic mass is 9.92. The van der Waals surface area contributed by atoms with E-state index in [1.165, 1.54) is 12.1 Å². The quantitative estimate of drug-likeness (QED) is 0.485. The second kappa shape index (κ2) is 7.78. The highest BCUT2D eigenvalue weighted by Gasteiger charge is 2.33. The van der Waals surface area contributed by atoms with Gasteiger partial charge in [0.1, 0.15) is 6.29 Å². The Kier molecular flexibility index (Phi) is 5.45. The summed E-state index contributed by atoms with van der Waals surface area (Å²) in [5.74, 6) is 0. The molecule has 0 heterocycles. The lowest BCUT2D eigenvalue weighted by Gasteiger charge is -2.15. The van der Waals surface area contributed by atoms with Gasteiger partial charge >= 0.3 is 6.18 Å². The van der Waals surface area contributed by atoms with E-state index in [9.17, 15) is 18.0 Å². The Hall–Kier alpha value is -2.88. The van der Waals surface area contributed by atoms with E-state index in [1.807, 2.05) is 55.5 Å². The average Bonchev–Trinajstić information content (AvgIpc) is 2.67. The molecular formula is C23H19F3O. The maximum absolute atomic E-state index is 13.3. The first-order valence-electron chi connectivity index (χ1n) is 8.69. The van der Waals surface area contributed by atoms with Gasteiger partial charge in [0.25, 0.3) is 0 Å². The van der Waals surface area contributed by atoms with Crippen LogP contribution in [0.15, 0.2) is 66.7 Å². The van der Waals surface area contributed by atoms with Gasteiger partial charge in [-0.2, -0.15) is 13.2 Å². The molecule has 0 saturated heterocycles. The van der Waals surface area contributed by atoms with Crippen molar-refractivity contribution >= 4 is 6.29 Å². The van der Waals surface area contributed by atoms with Crippen LogP contribution in [0.25, 0.3) is 11.1 Å². The van der Waals surface area contributed by atoms with Crippen LogP contribution in [0.3, 0.4) is 0 Å². The summed E-state index contributed by atoms with van der Waals surface area (Å²) in [6.07, 6.45) is -3.17. The van der Waals surface area contributed by atoms with Crippen molar-refractivity contribution in [2.45, 2.75) is 25.9 Å². The van der Waals surface area contributed by atoms with E-state index in [0.29, 0.717) is 12.7 Å². The molecule has 0 radical (unpaired) electrons. The van der Waals surface area contributed by atoms with Crippen molar-refractivity contribution in [3.63, 3.8) is 0 Å². The van der Waals surface area contributed by atoms with Crippen LogP contribution >= 0.6 is 0 Å². The smallest absolute Gasteiger partial charge is 0.298 e. The highest BCUT2D eigenvalue weighted by atomic mass is 19.4. The van der Waals surface area contributed by atoms with Crippen molar-refractivity contribution in [1.29, 1.82) is 0 Å². The van der Waals surface area contributed by atoms with Crippen molar-refractivity contribution in [2.75, 3.05) is 0 Å². The fraction of sp³-hybridized carbons (Fsp3) is 0.174. The fourth-order valence-corrected chi connectivity index (χ4v) is 3.32. The minimum atomic E-state index is -4.43. The molecule has 0 spiro atoms. The molecule has 0 fully saturated rings. The molecule has 0 N–H and O–H groups in total. The van der Waals surface area contributed by atoms with Gasteiger partial charge in [-0.3, -0.25) is 4.79 Å². The first kappa shape index (κ1) is 18.9. The van der Waals surface area contributed by atoms with Crippen LogP contribution < -0.4 is 0 Å². The summed E-state index contributed by atoms with van der Waals surface area (Å²) < 4.78 is 39.9. The molecule has 27 heavy (non-hydrogen) atoms. The summed E-state index contributed by atoms with van der Waals surface area (Å²) in [7, 11) is 0. The highest BCUT2D eigenvalue weighted by molar-refractivity contribution is 5.75. The van der Waals surface area contributed by atoms with Crippen molar-refractivity contribution in [3.8, 4) is 11.1 Å². The van der Waals surface area contributed by atoms with Crippen LogP contribution in [-0.4, -0.2) is 6.29 Å².